The van der Waals surface area contributed by atoms with E-state index < -0.39 is 23.9 Å². The number of anilines is 2. The van der Waals surface area contributed by atoms with Crippen molar-refractivity contribution < 1.29 is 27.9 Å². The van der Waals surface area contributed by atoms with E-state index in [0.717, 1.165) is 11.8 Å². The van der Waals surface area contributed by atoms with Gasteiger partial charge < -0.3 is 15.6 Å². The molecule has 3 heterocycles. The minimum absolute atomic E-state index is 0.143. The van der Waals surface area contributed by atoms with E-state index in [9.17, 15) is 18.0 Å². The molecule has 0 saturated carbocycles. The molecule has 3 aromatic heterocycles. The van der Waals surface area contributed by atoms with Gasteiger partial charge in [-0.3, -0.25) is 15.8 Å². The molecular formula is C26H28F3N8O2+. The van der Waals surface area contributed by atoms with Crippen molar-refractivity contribution in [3.05, 3.63) is 52.5 Å². The van der Waals surface area contributed by atoms with Gasteiger partial charge in [0.15, 0.2) is 12.0 Å². The predicted molar refractivity (Wildman–Crippen MR) is 139 cm³/mol. The fourth-order valence-corrected chi connectivity index (χ4v) is 4.91. The number of aromatic amines is 1. The second kappa shape index (κ2) is 9.40. The summed E-state index contributed by atoms with van der Waals surface area (Å²) in [6.07, 6.45) is -0.961. The summed E-state index contributed by atoms with van der Waals surface area (Å²) in [6, 6.07) is 4.04. The van der Waals surface area contributed by atoms with Crippen LogP contribution in [0.5, 0.6) is 0 Å². The summed E-state index contributed by atoms with van der Waals surface area (Å²) in [7, 11) is 0. The van der Waals surface area contributed by atoms with E-state index in [2.05, 4.69) is 31.0 Å². The number of nitrogen functional groups attached to an aromatic ring is 1. The minimum atomic E-state index is -4.66. The van der Waals surface area contributed by atoms with Crippen LogP contribution >= 0.6 is 0 Å². The number of nitrogens with two attached hydrogens (primary N) is 2. The van der Waals surface area contributed by atoms with Crippen molar-refractivity contribution in [2.45, 2.75) is 57.7 Å². The molecule has 7 N–H and O–H groups in total. The van der Waals surface area contributed by atoms with Gasteiger partial charge in [-0.15, -0.1) is 0 Å². The van der Waals surface area contributed by atoms with Gasteiger partial charge in [-0.2, -0.15) is 18.3 Å². The Hall–Kier alpha value is -4.42. The third kappa shape index (κ3) is 4.91. The van der Waals surface area contributed by atoms with Gasteiger partial charge in [-0.05, 0) is 42.5 Å². The van der Waals surface area contributed by atoms with E-state index in [0.29, 0.717) is 46.3 Å². The number of aryl methyl sites for hydroxylation is 1. The van der Waals surface area contributed by atoms with Gasteiger partial charge in [-0.25, -0.2) is 9.78 Å². The molecule has 2 amide bonds. The molecule has 0 radical (unpaired) electrons. The summed E-state index contributed by atoms with van der Waals surface area (Å²) in [5.41, 5.74) is 7.68. The molecule has 0 saturated heterocycles. The maximum absolute atomic E-state index is 13.8. The molecule has 13 heteroatoms. The molecule has 1 atom stereocenters. The topological polar surface area (TPSA) is 160 Å². The maximum atomic E-state index is 13.8. The number of aromatic nitrogens is 4. The van der Waals surface area contributed by atoms with Crippen LogP contribution < -0.4 is 21.8 Å². The zero-order valence-electron chi connectivity index (χ0n) is 21.5. The molecule has 39 heavy (non-hydrogen) atoms. The first-order chi connectivity index (χ1) is 18.4. The molecular weight excluding hydrogens is 513 g/mol. The number of hydrogen-bond donors (Lipinski definition) is 5. The van der Waals surface area contributed by atoms with E-state index in [-0.39, 0.29) is 28.9 Å². The highest BCUT2D eigenvalue weighted by molar-refractivity contribution is 6.04. The normalized spacial score (nSPS) is 15.7. The van der Waals surface area contributed by atoms with Crippen molar-refractivity contribution in [1.82, 2.24) is 25.7 Å². The van der Waals surface area contributed by atoms with Crippen LogP contribution in [0.2, 0.25) is 0 Å². The lowest BCUT2D eigenvalue weighted by Crippen LogP contribution is -2.41. The van der Waals surface area contributed by atoms with Crippen LogP contribution in [0.25, 0.3) is 22.2 Å². The van der Waals surface area contributed by atoms with Gasteiger partial charge in [0.2, 0.25) is 0 Å². The first-order valence-corrected chi connectivity index (χ1v) is 12.3. The lowest BCUT2D eigenvalue weighted by atomic mass is 9.82. The number of pyridine rings is 1. The minimum Gasteiger partial charge on any atom is -0.398 e. The average molecular weight is 542 g/mol. The molecule has 1 aromatic carbocycles. The third-order valence-corrected chi connectivity index (χ3v) is 6.81. The van der Waals surface area contributed by atoms with Gasteiger partial charge >= 0.3 is 12.2 Å². The maximum Gasteiger partial charge on any atom is 0.433 e. The van der Waals surface area contributed by atoms with E-state index in [1.54, 1.807) is 18.2 Å². The Bertz CT molecular complexity index is 1580. The number of fused-ring (bicyclic) bond motifs is 3. The molecule has 1 aliphatic carbocycles. The highest BCUT2D eigenvalue weighted by Gasteiger charge is 2.38. The van der Waals surface area contributed by atoms with Crippen molar-refractivity contribution in [2.24, 2.45) is 0 Å². The number of amides is 2. The van der Waals surface area contributed by atoms with Gasteiger partial charge in [0, 0.05) is 28.6 Å². The zero-order valence-corrected chi connectivity index (χ0v) is 21.5. The Kier molecular flexibility index (Phi) is 6.31. The Morgan fingerprint density at radius 1 is 1.26 bits per heavy atom. The quantitative estimate of drug-likeness (QED) is 0.197. The van der Waals surface area contributed by atoms with Crippen molar-refractivity contribution in [3.63, 3.8) is 0 Å². The Balaban J connectivity index is 1.52. The van der Waals surface area contributed by atoms with E-state index in [4.69, 9.17) is 15.7 Å². The second-order valence-corrected chi connectivity index (χ2v) is 10.6. The number of nitrogens with one attached hydrogen (secondary N) is 3. The van der Waals surface area contributed by atoms with Gasteiger partial charge in [0.1, 0.15) is 11.5 Å². The standard InChI is InChI=1S/C26H27F3N8O2/c1-25(2,3)19-9-20(37-39-19)35-24(38)33-12-4-5-13-14(8-12)22(16-11-32-36-23(16)26(27,28)29)34-18-7-6-17(31)15(10-30)21(13)18/h6-7,9-12,30H,4-5,8,31H2,1-3H3,(H,32,36)(H2,33,35,37,38)/p+1. The Morgan fingerprint density at radius 3 is 2.69 bits per heavy atom. The summed E-state index contributed by atoms with van der Waals surface area (Å²) in [5, 5.41) is 21.7. The van der Waals surface area contributed by atoms with Crippen LogP contribution in [-0.2, 0) is 24.4 Å². The number of carbonyl (C=O) groups is 1. The van der Waals surface area contributed by atoms with E-state index in [1.807, 2.05) is 20.8 Å². The number of benzene rings is 1. The van der Waals surface area contributed by atoms with Crippen LogP contribution in [0, 0.1) is 0 Å². The second-order valence-electron chi connectivity index (χ2n) is 10.6. The molecule has 204 valence electrons. The number of rotatable bonds is 4. The largest absolute Gasteiger partial charge is 0.433 e. The highest BCUT2D eigenvalue weighted by atomic mass is 19.4. The first-order valence-electron chi connectivity index (χ1n) is 12.3. The smallest absolute Gasteiger partial charge is 0.398 e. The summed E-state index contributed by atoms with van der Waals surface area (Å²) < 4.78 is 46.7. The number of nitrogens with zero attached hydrogens (tertiary/aromatic N) is 3. The molecule has 1 unspecified atom stereocenters. The fourth-order valence-electron chi connectivity index (χ4n) is 4.91. The zero-order chi connectivity index (χ0) is 28.1. The highest BCUT2D eigenvalue weighted by Crippen LogP contribution is 2.41. The molecule has 4 aromatic rings. The lowest BCUT2D eigenvalue weighted by Gasteiger charge is -2.28. The van der Waals surface area contributed by atoms with Crippen LogP contribution in [0.3, 0.4) is 0 Å². The SMILES string of the molecule is CC(C)(C)c1cc(NC(=O)NC2CCc3c(c(-c4cn[nH]c4C(F)(F)F)nc4ccc(N)c(C=[NH2+])c34)C2)no1. The van der Waals surface area contributed by atoms with Crippen molar-refractivity contribution in [1.29, 1.82) is 0 Å². The summed E-state index contributed by atoms with van der Waals surface area (Å²) in [4.78, 5) is 17.4. The Morgan fingerprint density at radius 2 is 2.03 bits per heavy atom. The molecule has 5 rings (SSSR count). The molecule has 0 spiro atoms. The fraction of sp³-hybridized carbons (Fsp3) is 0.346. The average Bonchev–Trinajstić information content (AvgIpc) is 3.53. The monoisotopic (exact) mass is 541 g/mol. The van der Waals surface area contributed by atoms with E-state index in [1.165, 1.54) is 6.21 Å². The Labute approximate surface area is 221 Å². The number of halogens is 3. The van der Waals surface area contributed by atoms with Crippen LogP contribution in [-0.4, -0.2) is 38.6 Å². The van der Waals surface area contributed by atoms with Gasteiger partial charge in [0.25, 0.3) is 0 Å². The number of hydrogen-bond acceptors (Lipinski definition) is 6. The third-order valence-electron chi connectivity index (χ3n) is 6.81. The van der Waals surface area contributed by atoms with Crippen LogP contribution in [0.1, 0.15) is 55.3 Å². The molecule has 1 aliphatic rings. The molecule has 0 bridgehead atoms. The molecule has 0 aliphatic heterocycles. The van der Waals surface area contributed by atoms with E-state index >= 15 is 0 Å². The summed E-state index contributed by atoms with van der Waals surface area (Å²) in [6.45, 7) is 5.87. The number of alkyl halides is 3. The molecule has 10 nitrogen and oxygen atoms in total. The van der Waals surface area contributed by atoms with Crippen molar-refractivity contribution in [3.8, 4) is 11.3 Å². The van der Waals surface area contributed by atoms with Crippen LogP contribution in [0.15, 0.2) is 28.9 Å². The van der Waals surface area contributed by atoms with Crippen molar-refractivity contribution >= 4 is 34.7 Å². The predicted octanol–water partition coefficient (Wildman–Crippen LogP) is 3.37. The molecule has 0 fully saturated rings. The summed E-state index contributed by atoms with van der Waals surface area (Å²) >= 11 is 0. The lowest BCUT2D eigenvalue weighted by molar-refractivity contribution is -0.140. The number of carbonyl (C=O) groups excluding carboxylic acids is 1. The number of urea groups is 1. The van der Waals surface area contributed by atoms with Gasteiger partial charge in [-0.1, -0.05) is 25.9 Å². The van der Waals surface area contributed by atoms with Gasteiger partial charge in [0.05, 0.1) is 28.5 Å². The summed E-state index contributed by atoms with van der Waals surface area (Å²) in [5.74, 6) is 0.869. The van der Waals surface area contributed by atoms with Crippen molar-refractivity contribution in [2.75, 3.05) is 11.1 Å². The first kappa shape index (κ1) is 26.2. The van der Waals surface area contributed by atoms with Crippen LogP contribution in [0.4, 0.5) is 29.5 Å². The number of H-pyrrole nitrogens is 1.